The highest BCUT2D eigenvalue weighted by molar-refractivity contribution is 7.99. The lowest BCUT2D eigenvalue weighted by atomic mass is 10.2. The predicted molar refractivity (Wildman–Crippen MR) is 71.6 cm³/mol. The van der Waals surface area contributed by atoms with Gasteiger partial charge in [0.05, 0.1) is 11.8 Å². The second kappa shape index (κ2) is 6.10. The zero-order chi connectivity index (χ0) is 14.7. The van der Waals surface area contributed by atoms with Gasteiger partial charge in [0, 0.05) is 0 Å². The van der Waals surface area contributed by atoms with Crippen LogP contribution in [0.1, 0.15) is 30.3 Å². The number of aliphatic hydroxyl groups excluding tert-OH is 1. The monoisotopic (exact) mass is 297 g/mol. The van der Waals surface area contributed by atoms with Crippen LogP contribution in [0, 0.1) is 6.92 Å². The number of aromatic nitrogens is 3. The molecule has 20 heavy (non-hydrogen) atoms. The first-order valence-electron chi connectivity index (χ1n) is 5.98. The molecule has 0 aliphatic heterocycles. The maximum atomic E-state index is 10.7. The molecule has 2 heterocycles. The molecule has 0 bridgehead atoms. The molecule has 8 heteroatoms. The summed E-state index contributed by atoms with van der Waals surface area (Å²) in [5.74, 6) is 0.809. The van der Waals surface area contributed by atoms with Gasteiger partial charge in [-0.15, -0.1) is 10.2 Å². The molecule has 0 amide bonds. The molecule has 2 rings (SSSR count). The minimum atomic E-state index is -0.934. The molecule has 2 N–H and O–H groups in total. The van der Waals surface area contributed by atoms with E-state index in [-0.39, 0.29) is 18.4 Å². The van der Waals surface area contributed by atoms with Crippen molar-refractivity contribution in [3.63, 3.8) is 0 Å². The predicted octanol–water partition coefficient (Wildman–Crippen LogP) is 1.46. The molecule has 0 aliphatic rings. The lowest BCUT2D eigenvalue weighted by Crippen LogP contribution is -2.12. The average molecular weight is 297 g/mol. The molecule has 1 atom stereocenters. The molecule has 7 nitrogen and oxygen atoms in total. The Morgan fingerprint density at radius 3 is 2.80 bits per heavy atom. The van der Waals surface area contributed by atoms with Crippen LogP contribution in [0.4, 0.5) is 0 Å². The minimum Gasteiger partial charge on any atom is -0.481 e. The zero-order valence-electron chi connectivity index (χ0n) is 11.1. The van der Waals surface area contributed by atoms with Crippen molar-refractivity contribution in [3.8, 4) is 0 Å². The third-order valence-corrected chi connectivity index (χ3v) is 3.69. The molecule has 0 saturated carbocycles. The van der Waals surface area contributed by atoms with Crippen molar-refractivity contribution >= 4 is 17.7 Å². The van der Waals surface area contributed by atoms with E-state index in [9.17, 15) is 9.90 Å². The number of hydrogen-bond acceptors (Lipinski definition) is 6. The maximum absolute atomic E-state index is 10.7. The van der Waals surface area contributed by atoms with Gasteiger partial charge in [-0.3, -0.25) is 9.36 Å². The fourth-order valence-electron chi connectivity index (χ4n) is 1.83. The summed E-state index contributed by atoms with van der Waals surface area (Å²) in [6.45, 7) is 3.45. The number of carboxylic acids is 1. The van der Waals surface area contributed by atoms with Crippen LogP contribution in [0.25, 0.3) is 0 Å². The number of carbonyl (C=O) groups is 1. The van der Waals surface area contributed by atoms with Crippen molar-refractivity contribution in [1.82, 2.24) is 14.8 Å². The molecular weight excluding hydrogens is 282 g/mol. The first-order chi connectivity index (χ1) is 9.52. The van der Waals surface area contributed by atoms with Gasteiger partial charge in [0.2, 0.25) is 0 Å². The van der Waals surface area contributed by atoms with Crippen LogP contribution in [0.3, 0.4) is 0 Å². The van der Waals surface area contributed by atoms with Crippen molar-refractivity contribution < 1.29 is 19.4 Å². The summed E-state index contributed by atoms with van der Waals surface area (Å²) in [6, 6.07) is 3.46. The van der Waals surface area contributed by atoms with Crippen LogP contribution in [-0.4, -0.2) is 36.7 Å². The number of aryl methyl sites for hydroxylation is 1. The van der Waals surface area contributed by atoms with Crippen molar-refractivity contribution in [2.75, 3.05) is 5.75 Å². The van der Waals surface area contributed by atoms with Gasteiger partial charge in [0.25, 0.3) is 0 Å². The highest BCUT2D eigenvalue weighted by atomic mass is 32.2. The number of carboxylic acid groups (broad SMARTS) is 1. The summed E-state index contributed by atoms with van der Waals surface area (Å²) in [6.07, 6.45) is 0. The third-order valence-electron chi connectivity index (χ3n) is 2.76. The van der Waals surface area contributed by atoms with Gasteiger partial charge in [-0.1, -0.05) is 11.8 Å². The van der Waals surface area contributed by atoms with Gasteiger partial charge in [-0.05, 0) is 26.0 Å². The Labute approximate surface area is 119 Å². The molecular formula is C12H15N3O4S. The molecule has 0 aliphatic carbocycles. The SMILES string of the molecule is Cc1ccc(C(C)n2c(CO)nnc2SCC(=O)O)o1. The molecule has 0 radical (unpaired) electrons. The van der Waals surface area contributed by atoms with E-state index in [1.165, 1.54) is 0 Å². The van der Waals surface area contributed by atoms with E-state index in [0.29, 0.717) is 16.7 Å². The summed E-state index contributed by atoms with van der Waals surface area (Å²) in [7, 11) is 0. The van der Waals surface area contributed by atoms with E-state index in [2.05, 4.69) is 10.2 Å². The molecule has 108 valence electrons. The van der Waals surface area contributed by atoms with Gasteiger partial charge in [0.1, 0.15) is 18.1 Å². The van der Waals surface area contributed by atoms with Crippen LogP contribution in [0.15, 0.2) is 21.7 Å². The second-order valence-corrected chi connectivity index (χ2v) is 5.18. The summed E-state index contributed by atoms with van der Waals surface area (Å²) < 4.78 is 7.25. The Morgan fingerprint density at radius 2 is 2.25 bits per heavy atom. The fraction of sp³-hybridized carbons (Fsp3) is 0.417. The van der Waals surface area contributed by atoms with E-state index in [1.807, 2.05) is 26.0 Å². The first kappa shape index (κ1) is 14.6. The van der Waals surface area contributed by atoms with E-state index >= 15 is 0 Å². The maximum Gasteiger partial charge on any atom is 0.313 e. The molecule has 0 fully saturated rings. The zero-order valence-corrected chi connectivity index (χ0v) is 11.9. The third kappa shape index (κ3) is 3.02. The quantitative estimate of drug-likeness (QED) is 0.778. The molecule has 1 unspecified atom stereocenters. The van der Waals surface area contributed by atoms with Gasteiger partial charge < -0.3 is 14.6 Å². The van der Waals surface area contributed by atoms with Crippen molar-refractivity contribution in [3.05, 3.63) is 29.5 Å². The van der Waals surface area contributed by atoms with Crippen LogP contribution in [-0.2, 0) is 11.4 Å². The topological polar surface area (TPSA) is 101 Å². The number of nitrogens with zero attached hydrogens (tertiary/aromatic N) is 3. The molecule has 0 aromatic carbocycles. The summed E-state index contributed by atoms with van der Waals surface area (Å²) >= 11 is 1.06. The molecule has 0 saturated heterocycles. The Balaban J connectivity index is 2.32. The Kier molecular flexibility index (Phi) is 4.46. The van der Waals surface area contributed by atoms with Crippen LogP contribution in [0.5, 0.6) is 0 Å². The summed E-state index contributed by atoms with van der Waals surface area (Å²) in [5.41, 5.74) is 0. The van der Waals surface area contributed by atoms with E-state index in [1.54, 1.807) is 4.57 Å². The summed E-state index contributed by atoms with van der Waals surface area (Å²) in [5, 5.41) is 26.3. The highest BCUT2D eigenvalue weighted by Crippen LogP contribution is 2.27. The van der Waals surface area contributed by atoms with Gasteiger partial charge >= 0.3 is 5.97 Å². The second-order valence-electron chi connectivity index (χ2n) is 4.23. The van der Waals surface area contributed by atoms with Crippen LogP contribution >= 0.6 is 11.8 Å². The first-order valence-corrected chi connectivity index (χ1v) is 6.97. The van der Waals surface area contributed by atoms with E-state index in [4.69, 9.17) is 9.52 Å². The van der Waals surface area contributed by atoms with Gasteiger partial charge in [-0.2, -0.15) is 0 Å². The Hall–Kier alpha value is -1.80. The number of hydrogen-bond donors (Lipinski definition) is 2. The standard InChI is InChI=1S/C12H15N3O4S/c1-7-3-4-9(19-7)8(2)15-10(5-16)13-14-12(15)20-6-11(17)18/h3-4,8,16H,5-6H2,1-2H3,(H,17,18). The van der Waals surface area contributed by atoms with Crippen LogP contribution in [0.2, 0.25) is 0 Å². The van der Waals surface area contributed by atoms with Crippen molar-refractivity contribution in [2.45, 2.75) is 31.7 Å². The van der Waals surface area contributed by atoms with E-state index in [0.717, 1.165) is 17.5 Å². The van der Waals surface area contributed by atoms with E-state index < -0.39 is 5.97 Å². The largest absolute Gasteiger partial charge is 0.481 e. The number of rotatable bonds is 6. The van der Waals surface area contributed by atoms with Gasteiger partial charge in [-0.25, -0.2) is 0 Å². The lowest BCUT2D eigenvalue weighted by Gasteiger charge is -2.15. The molecule has 2 aromatic heterocycles. The highest BCUT2D eigenvalue weighted by Gasteiger charge is 2.21. The fourth-order valence-corrected chi connectivity index (χ4v) is 2.59. The molecule has 0 spiro atoms. The minimum absolute atomic E-state index is 0.118. The lowest BCUT2D eigenvalue weighted by molar-refractivity contribution is -0.133. The number of furan rings is 1. The van der Waals surface area contributed by atoms with Crippen molar-refractivity contribution in [2.24, 2.45) is 0 Å². The number of thioether (sulfide) groups is 1. The normalized spacial score (nSPS) is 12.6. The number of aliphatic carboxylic acids is 1. The smallest absolute Gasteiger partial charge is 0.313 e. The number of aliphatic hydroxyl groups is 1. The molecule has 2 aromatic rings. The van der Waals surface area contributed by atoms with Crippen molar-refractivity contribution in [1.29, 1.82) is 0 Å². The Morgan fingerprint density at radius 1 is 1.50 bits per heavy atom. The Bertz CT molecular complexity index is 608. The summed E-state index contributed by atoms with van der Waals surface area (Å²) in [4.78, 5) is 10.7. The van der Waals surface area contributed by atoms with Crippen LogP contribution < -0.4 is 0 Å². The van der Waals surface area contributed by atoms with Gasteiger partial charge in [0.15, 0.2) is 11.0 Å². The average Bonchev–Trinajstić information content (AvgIpc) is 3.01.